The average molecular weight is 482 g/mol. The molecule has 1 fully saturated rings. The first-order valence-corrected chi connectivity index (χ1v) is 10.2. The van der Waals surface area contributed by atoms with Gasteiger partial charge in [0.25, 0.3) is 0 Å². The Bertz CT molecular complexity index is 1070. The molecule has 11 heteroatoms. The molecule has 0 saturated heterocycles. The number of halogens is 4. The van der Waals surface area contributed by atoms with Crippen LogP contribution in [0.15, 0.2) is 53.6 Å². The number of carbonyl (C=O) groups excluding carboxylic acids is 3. The molecule has 2 aromatic rings. The van der Waals surface area contributed by atoms with Gasteiger partial charge in [-0.1, -0.05) is 29.8 Å². The summed E-state index contributed by atoms with van der Waals surface area (Å²) in [6.45, 7) is 1.61. The smallest absolute Gasteiger partial charge is 0.416 e. The summed E-state index contributed by atoms with van der Waals surface area (Å²) in [7, 11) is 0. The van der Waals surface area contributed by atoms with Gasteiger partial charge in [-0.05, 0) is 42.8 Å². The molecule has 1 saturated carbocycles. The van der Waals surface area contributed by atoms with Crippen LogP contribution in [0.4, 0.5) is 18.9 Å². The highest BCUT2D eigenvalue weighted by Gasteiger charge is 2.63. The highest BCUT2D eigenvalue weighted by atomic mass is 35.5. The summed E-state index contributed by atoms with van der Waals surface area (Å²) in [4.78, 5) is 37.4. The predicted molar refractivity (Wildman–Crippen MR) is 114 cm³/mol. The summed E-state index contributed by atoms with van der Waals surface area (Å²) in [6, 6.07) is 10.7. The number of ether oxygens (including phenoxy) is 1. The summed E-state index contributed by atoms with van der Waals surface area (Å²) < 4.78 is 43.7. The molecule has 0 aliphatic heterocycles. The third-order valence-corrected chi connectivity index (χ3v) is 5.15. The molecule has 1 aliphatic rings. The van der Waals surface area contributed by atoms with E-state index in [2.05, 4.69) is 15.8 Å². The molecule has 2 amide bonds. The van der Waals surface area contributed by atoms with Gasteiger partial charge in [0.05, 0.1) is 36.1 Å². The third-order valence-electron chi connectivity index (χ3n) is 4.90. The number of anilines is 1. The standard InChI is InChI=1S/C22H19ClF3N3O4/c1-2-33-21(32)18-16(19(30)28-15-5-3-4-13(10-15)22(24,25)26)17(18)20(31)29-27-11-12-6-8-14(23)9-7-12/h3-11,16-18H,2H2,1H3,(H,28,30)(H,29,31)/b27-11-/t16-,17+,18-/m0/s1. The first kappa shape index (κ1) is 24.2. The summed E-state index contributed by atoms with van der Waals surface area (Å²) in [5, 5.41) is 6.68. The Kier molecular flexibility index (Phi) is 7.37. The molecule has 1 aliphatic carbocycles. The second kappa shape index (κ2) is 10.0. The molecule has 0 spiro atoms. The van der Waals surface area contributed by atoms with Crippen LogP contribution in [0.1, 0.15) is 18.1 Å². The molecular formula is C22H19ClF3N3O4. The summed E-state index contributed by atoms with van der Waals surface area (Å²) in [5.74, 6) is -5.46. The number of hydrogen-bond acceptors (Lipinski definition) is 5. The highest BCUT2D eigenvalue weighted by molar-refractivity contribution is 6.30. The van der Waals surface area contributed by atoms with Crippen molar-refractivity contribution in [1.82, 2.24) is 5.43 Å². The monoisotopic (exact) mass is 481 g/mol. The fraction of sp³-hybridized carbons (Fsp3) is 0.273. The van der Waals surface area contributed by atoms with Gasteiger partial charge in [-0.3, -0.25) is 14.4 Å². The maximum absolute atomic E-state index is 12.9. The van der Waals surface area contributed by atoms with Crippen molar-refractivity contribution >= 4 is 41.3 Å². The van der Waals surface area contributed by atoms with E-state index in [1.54, 1.807) is 31.2 Å². The van der Waals surface area contributed by atoms with Crippen LogP contribution in [0.5, 0.6) is 0 Å². The van der Waals surface area contributed by atoms with Crippen molar-refractivity contribution in [2.24, 2.45) is 22.9 Å². The van der Waals surface area contributed by atoms with Gasteiger partial charge in [-0.2, -0.15) is 18.3 Å². The molecule has 0 aromatic heterocycles. The minimum atomic E-state index is -4.59. The van der Waals surface area contributed by atoms with Crippen molar-refractivity contribution in [2.45, 2.75) is 13.1 Å². The Labute approximate surface area is 191 Å². The van der Waals surface area contributed by atoms with Crippen LogP contribution in [0.3, 0.4) is 0 Å². The molecule has 33 heavy (non-hydrogen) atoms. The minimum Gasteiger partial charge on any atom is -0.466 e. The number of hydrazone groups is 1. The Balaban J connectivity index is 1.69. The number of amides is 2. The number of carbonyl (C=O) groups is 3. The van der Waals surface area contributed by atoms with E-state index < -0.39 is 47.3 Å². The lowest BCUT2D eigenvalue weighted by molar-refractivity contribution is -0.146. The zero-order valence-corrected chi connectivity index (χ0v) is 18.0. The zero-order chi connectivity index (χ0) is 24.2. The second-order valence-corrected chi connectivity index (χ2v) is 7.62. The van der Waals surface area contributed by atoms with Crippen molar-refractivity contribution in [3.63, 3.8) is 0 Å². The van der Waals surface area contributed by atoms with Gasteiger partial charge in [0.1, 0.15) is 0 Å². The molecule has 2 N–H and O–H groups in total. The van der Waals surface area contributed by atoms with Crippen molar-refractivity contribution in [3.05, 3.63) is 64.7 Å². The molecule has 3 rings (SSSR count). The van der Waals surface area contributed by atoms with Gasteiger partial charge in [-0.15, -0.1) is 0 Å². The summed E-state index contributed by atoms with van der Waals surface area (Å²) in [5.41, 5.74) is 1.87. The SMILES string of the molecule is CCOC(=O)[C@@H]1[C@H](C(=O)N/N=C\c2ccc(Cl)cc2)[C@@H]1C(=O)Nc1cccc(C(F)(F)F)c1. The van der Waals surface area contributed by atoms with Crippen LogP contribution in [0.2, 0.25) is 5.02 Å². The molecular weight excluding hydrogens is 463 g/mol. The summed E-state index contributed by atoms with van der Waals surface area (Å²) in [6.07, 6.45) is -3.23. The quantitative estimate of drug-likeness (QED) is 0.356. The van der Waals surface area contributed by atoms with E-state index in [-0.39, 0.29) is 12.3 Å². The molecule has 0 heterocycles. The normalized spacial score (nSPS) is 19.7. The van der Waals surface area contributed by atoms with Gasteiger partial charge in [-0.25, -0.2) is 5.43 Å². The largest absolute Gasteiger partial charge is 0.466 e. The van der Waals surface area contributed by atoms with E-state index in [9.17, 15) is 27.6 Å². The van der Waals surface area contributed by atoms with Gasteiger partial charge in [0, 0.05) is 10.7 Å². The van der Waals surface area contributed by atoms with E-state index in [0.717, 1.165) is 18.2 Å². The number of benzene rings is 2. The van der Waals surface area contributed by atoms with E-state index in [1.807, 2.05) is 0 Å². The van der Waals surface area contributed by atoms with E-state index in [0.29, 0.717) is 10.6 Å². The lowest BCUT2D eigenvalue weighted by atomic mass is 10.2. The van der Waals surface area contributed by atoms with Gasteiger partial charge >= 0.3 is 12.1 Å². The van der Waals surface area contributed by atoms with Crippen molar-refractivity contribution < 1.29 is 32.3 Å². The van der Waals surface area contributed by atoms with Crippen molar-refractivity contribution in [2.75, 3.05) is 11.9 Å². The predicted octanol–water partition coefficient (Wildman–Crippen LogP) is 3.87. The fourth-order valence-corrected chi connectivity index (χ4v) is 3.41. The van der Waals surface area contributed by atoms with E-state index in [1.165, 1.54) is 12.3 Å². The molecule has 174 valence electrons. The minimum absolute atomic E-state index is 0.0420. The van der Waals surface area contributed by atoms with Crippen LogP contribution in [-0.4, -0.2) is 30.6 Å². The third kappa shape index (κ3) is 6.10. The number of hydrogen-bond donors (Lipinski definition) is 2. The molecule has 2 aromatic carbocycles. The lowest BCUT2D eigenvalue weighted by Gasteiger charge is -2.10. The Morgan fingerprint density at radius 2 is 1.73 bits per heavy atom. The number of nitrogens with zero attached hydrogens (tertiary/aromatic N) is 1. The van der Waals surface area contributed by atoms with Crippen LogP contribution >= 0.6 is 11.6 Å². The number of esters is 1. The topological polar surface area (TPSA) is 96.9 Å². The van der Waals surface area contributed by atoms with Crippen LogP contribution in [0.25, 0.3) is 0 Å². The Hall–Kier alpha value is -3.40. The Morgan fingerprint density at radius 3 is 2.36 bits per heavy atom. The maximum atomic E-state index is 12.9. The molecule has 3 atom stereocenters. The molecule has 0 bridgehead atoms. The average Bonchev–Trinajstić information content (AvgIpc) is 3.51. The van der Waals surface area contributed by atoms with Crippen LogP contribution in [-0.2, 0) is 25.3 Å². The highest BCUT2D eigenvalue weighted by Crippen LogP contribution is 2.48. The lowest BCUT2D eigenvalue weighted by Crippen LogP contribution is -2.24. The summed E-state index contributed by atoms with van der Waals surface area (Å²) >= 11 is 5.80. The number of rotatable bonds is 7. The first-order valence-electron chi connectivity index (χ1n) is 9.85. The van der Waals surface area contributed by atoms with Crippen molar-refractivity contribution in [1.29, 1.82) is 0 Å². The fourth-order valence-electron chi connectivity index (χ4n) is 3.29. The zero-order valence-electron chi connectivity index (χ0n) is 17.2. The second-order valence-electron chi connectivity index (χ2n) is 7.18. The van der Waals surface area contributed by atoms with Gasteiger partial charge in [0.2, 0.25) is 11.8 Å². The molecule has 0 radical (unpaired) electrons. The number of alkyl halides is 3. The van der Waals surface area contributed by atoms with Gasteiger partial charge < -0.3 is 10.1 Å². The van der Waals surface area contributed by atoms with E-state index >= 15 is 0 Å². The number of nitrogens with one attached hydrogen (secondary N) is 2. The molecule has 0 unspecified atom stereocenters. The maximum Gasteiger partial charge on any atom is 0.416 e. The van der Waals surface area contributed by atoms with Crippen molar-refractivity contribution in [3.8, 4) is 0 Å². The van der Waals surface area contributed by atoms with E-state index in [4.69, 9.17) is 16.3 Å². The van der Waals surface area contributed by atoms with Crippen LogP contribution in [0, 0.1) is 17.8 Å². The molecule has 7 nitrogen and oxygen atoms in total. The van der Waals surface area contributed by atoms with Gasteiger partial charge in [0.15, 0.2) is 0 Å². The Morgan fingerprint density at radius 1 is 1.06 bits per heavy atom. The van der Waals surface area contributed by atoms with Crippen LogP contribution < -0.4 is 10.7 Å². The first-order chi connectivity index (χ1) is 15.6.